The molecule has 0 aliphatic heterocycles. The molecule has 5 rings (SSSR count). The molecule has 5 aromatic rings. The van der Waals surface area contributed by atoms with Crippen LogP contribution >= 0.6 is 11.6 Å². The zero-order valence-electron chi connectivity index (χ0n) is 20.6. The zero-order chi connectivity index (χ0) is 28.3. The van der Waals surface area contributed by atoms with Gasteiger partial charge in [0, 0.05) is 42.0 Å². The second-order valence-electron chi connectivity index (χ2n) is 8.72. The van der Waals surface area contributed by atoms with Gasteiger partial charge >= 0.3 is 6.36 Å². The number of nitrogens with zero attached hydrogens (tertiary/aromatic N) is 3. The first kappa shape index (κ1) is 27.1. The summed E-state index contributed by atoms with van der Waals surface area (Å²) in [6.45, 7) is 0.416. The summed E-state index contributed by atoms with van der Waals surface area (Å²) in [4.78, 5) is 29.2. The summed E-state index contributed by atoms with van der Waals surface area (Å²) in [7, 11) is 0. The molecule has 0 saturated heterocycles. The van der Waals surface area contributed by atoms with Gasteiger partial charge in [-0.3, -0.25) is 4.79 Å². The van der Waals surface area contributed by atoms with Crippen LogP contribution in [0.1, 0.15) is 22.6 Å². The number of imidazole rings is 1. The van der Waals surface area contributed by atoms with Crippen LogP contribution < -0.4 is 10.1 Å². The first-order valence-electron chi connectivity index (χ1n) is 12.1. The van der Waals surface area contributed by atoms with Crippen molar-refractivity contribution >= 4 is 28.5 Å². The van der Waals surface area contributed by atoms with E-state index in [9.17, 15) is 22.4 Å². The van der Waals surface area contributed by atoms with Gasteiger partial charge in [-0.1, -0.05) is 11.6 Å². The fourth-order valence-electron chi connectivity index (χ4n) is 4.07. The molecule has 1 amide bonds. The highest BCUT2D eigenvalue weighted by Crippen LogP contribution is 2.38. The van der Waals surface area contributed by atoms with Gasteiger partial charge in [-0.25, -0.2) is 19.3 Å². The number of amides is 1. The maximum Gasteiger partial charge on any atom is 0.573 e. The number of aryl methyl sites for hydroxylation is 1. The second-order valence-corrected chi connectivity index (χ2v) is 9.12. The Morgan fingerprint density at radius 1 is 0.975 bits per heavy atom. The average molecular weight is 570 g/mol. The van der Waals surface area contributed by atoms with Gasteiger partial charge in [0.05, 0.1) is 27.4 Å². The van der Waals surface area contributed by atoms with Crippen LogP contribution in [-0.4, -0.2) is 38.8 Å². The van der Waals surface area contributed by atoms with Crippen LogP contribution in [-0.2, 0) is 6.42 Å². The molecule has 0 atom stereocenters. The van der Waals surface area contributed by atoms with E-state index in [2.05, 4.69) is 30.0 Å². The van der Waals surface area contributed by atoms with Crippen molar-refractivity contribution in [3.05, 3.63) is 95.3 Å². The molecule has 2 aromatic heterocycles. The minimum Gasteiger partial charge on any atom is -0.406 e. The zero-order valence-corrected chi connectivity index (χ0v) is 21.4. The minimum atomic E-state index is -4.92. The lowest BCUT2D eigenvalue weighted by molar-refractivity contribution is -0.274. The molecular weight excluding hydrogens is 550 g/mol. The van der Waals surface area contributed by atoms with Gasteiger partial charge in [-0.15, -0.1) is 13.2 Å². The summed E-state index contributed by atoms with van der Waals surface area (Å²) in [6, 6.07) is 13.6. The number of halogens is 5. The standard InChI is InChI=1S/C28H20ClF4N5O2/c29-21-9-8-19(40-28(31,32)33)15-20(21)26-25(16-3-6-18(30)7-4-16)37-22-10-5-17(14-23(22)38-26)27(39)36-11-1-2-24-34-12-13-35-24/h3-10,12-15H,1-2,11H2,(H,34,35)(H,36,39). The number of alkyl halides is 3. The minimum absolute atomic E-state index is 0.0944. The van der Waals surface area contributed by atoms with Crippen LogP contribution in [0.3, 0.4) is 0 Å². The predicted molar refractivity (Wildman–Crippen MR) is 141 cm³/mol. The van der Waals surface area contributed by atoms with Crippen LogP contribution in [0.15, 0.2) is 73.1 Å². The van der Waals surface area contributed by atoms with Crippen molar-refractivity contribution in [2.45, 2.75) is 19.2 Å². The Kier molecular flexibility index (Phi) is 7.65. The maximum atomic E-state index is 13.6. The summed E-state index contributed by atoms with van der Waals surface area (Å²) >= 11 is 6.39. The molecule has 3 aromatic carbocycles. The third kappa shape index (κ3) is 6.37. The predicted octanol–water partition coefficient (Wildman–Crippen LogP) is 6.74. The molecule has 0 aliphatic carbocycles. The number of aromatic nitrogens is 4. The third-order valence-electron chi connectivity index (χ3n) is 5.90. The highest BCUT2D eigenvalue weighted by atomic mass is 35.5. The Balaban J connectivity index is 1.51. The summed E-state index contributed by atoms with van der Waals surface area (Å²) in [5, 5.41) is 2.94. The van der Waals surface area contributed by atoms with E-state index in [1.165, 1.54) is 36.4 Å². The summed E-state index contributed by atoms with van der Waals surface area (Å²) in [6.07, 6.45) is -0.185. The Morgan fingerprint density at radius 2 is 1.75 bits per heavy atom. The lowest BCUT2D eigenvalue weighted by Gasteiger charge is -2.14. The third-order valence-corrected chi connectivity index (χ3v) is 6.23. The van der Waals surface area contributed by atoms with Crippen molar-refractivity contribution in [1.82, 2.24) is 25.3 Å². The van der Waals surface area contributed by atoms with E-state index in [1.54, 1.807) is 24.5 Å². The fraction of sp³-hybridized carbons (Fsp3) is 0.143. The van der Waals surface area contributed by atoms with Gasteiger partial charge < -0.3 is 15.0 Å². The first-order valence-corrected chi connectivity index (χ1v) is 12.4. The summed E-state index contributed by atoms with van der Waals surface area (Å²) in [5.41, 5.74) is 2.01. The first-order chi connectivity index (χ1) is 19.2. The van der Waals surface area contributed by atoms with Crippen molar-refractivity contribution in [2.75, 3.05) is 6.54 Å². The van der Waals surface area contributed by atoms with Gasteiger partial charge in [0.2, 0.25) is 0 Å². The van der Waals surface area contributed by atoms with E-state index < -0.39 is 17.9 Å². The Hall–Kier alpha value is -4.51. The molecule has 0 spiro atoms. The van der Waals surface area contributed by atoms with Gasteiger partial charge in [-0.2, -0.15) is 0 Å². The van der Waals surface area contributed by atoms with E-state index in [1.807, 2.05) is 0 Å². The molecule has 0 saturated carbocycles. The van der Waals surface area contributed by atoms with Crippen LogP contribution in [0.2, 0.25) is 5.02 Å². The second kappa shape index (κ2) is 11.3. The van der Waals surface area contributed by atoms with Crippen molar-refractivity contribution in [1.29, 1.82) is 0 Å². The molecule has 2 N–H and O–H groups in total. The van der Waals surface area contributed by atoms with Gasteiger partial charge in [0.25, 0.3) is 5.91 Å². The van der Waals surface area contributed by atoms with Crippen molar-refractivity contribution in [3.63, 3.8) is 0 Å². The number of fused-ring (bicyclic) bond motifs is 1. The van der Waals surface area contributed by atoms with Crippen molar-refractivity contribution in [3.8, 4) is 28.3 Å². The molecule has 0 radical (unpaired) electrons. The van der Waals surface area contributed by atoms with E-state index >= 15 is 0 Å². The number of aromatic amines is 1. The highest BCUT2D eigenvalue weighted by Gasteiger charge is 2.31. The molecule has 0 unspecified atom stereocenters. The monoisotopic (exact) mass is 569 g/mol. The summed E-state index contributed by atoms with van der Waals surface area (Å²) in [5.74, 6) is -0.479. The number of H-pyrrole nitrogens is 1. The topological polar surface area (TPSA) is 92.8 Å². The molecule has 0 bridgehead atoms. The Labute approximate surface area is 230 Å². The lowest BCUT2D eigenvalue weighted by atomic mass is 10.0. The Bertz CT molecular complexity index is 1660. The van der Waals surface area contributed by atoms with Crippen molar-refractivity contribution < 1.29 is 27.1 Å². The van der Waals surface area contributed by atoms with E-state index in [-0.39, 0.29) is 27.9 Å². The number of nitrogens with one attached hydrogen (secondary N) is 2. The van der Waals surface area contributed by atoms with Crippen LogP contribution in [0.4, 0.5) is 17.6 Å². The Morgan fingerprint density at radius 3 is 2.48 bits per heavy atom. The van der Waals surface area contributed by atoms with Crippen molar-refractivity contribution in [2.24, 2.45) is 0 Å². The SMILES string of the molecule is O=C(NCCCc1ncc[nH]1)c1ccc2nc(-c3ccc(F)cc3)c(-c3cc(OC(F)(F)F)ccc3Cl)nc2c1. The highest BCUT2D eigenvalue weighted by molar-refractivity contribution is 6.33. The number of ether oxygens (including phenoxy) is 1. The number of hydrogen-bond acceptors (Lipinski definition) is 5. The molecule has 0 aliphatic rings. The molecule has 204 valence electrons. The molecule has 40 heavy (non-hydrogen) atoms. The van der Waals surface area contributed by atoms with Gasteiger partial charge in [-0.05, 0) is 67.1 Å². The molecule has 12 heteroatoms. The quantitative estimate of drug-likeness (QED) is 0.159. The largest absolute Gasteiger partial charge is 0.573 e. The maximum absolute atomic E-state index is 13.6. The van der Waals surface area contributed by atoms with Crippen LogP contribution in [0, 0.1) is 5.82 Å². The normalized spacial score (nSPS) is 11.5. The fourth-order valence-corrected chi connectivity index (χ4v) is 4.28. The molecular formula is C28H20ClF4N5O2. The number of carbonyl (C=O) groups is 1. The number of benzene rings is 3. The average Bonchev–Trinajstić information content (AvgIpc) is 3.44. The molecule has 2 heterocycles. The number of hydrogen-bond donors (Lipinski definition) is 2. The van der Waals surface area contributed by atoms with E-state index in [0.717, 1.165) is 18.0 Å². The van der Waals surface area contributed by atoms with E-state index in [4.69, 9.17) is 11.6 Å². The van der Waals surface area contributed by atoms with Crippen LogP contribution in [0.25, 0.3) is 33.5 Å². The molecule has 0 fully saturated rings. The van der Waals surface area contributed by atoms with Gasteiger partial charge in [0.1, 0.15) is 17.4 Å². The van der Waals surface area contributed by atoms with Gasteiger partial charge in [0.15, 0.2) is 0 Å². The smallest absolute Gasteiger partial charge is 0.406 e. The summed E-state index contributed by atoms with van der Waals surface area (Å²) < 4.78 is 56.4. The van der Waals surface area contributed by atoms with E-state index in [0.29, 0.717) is 41.5 Å². The van der Waals surface area contributed by atoms with Crippen LogP contribution in [0.5, 0.6) is 5.75 Å². The molecule has 7 nitrogen and oxygen atoms in total. The number of carbonyl (C=O) groups excluding carboxylic acids is 1. The number of rotatable bonds is 8. The lowest BCUT2D eigenvalue weighted by Crippen LogP contribution is -2.24.